The van der Waals surface area contributed by atoms with Crippen molar-refractivity contribution in [2.75, 3.05) is 12.8 Å². The maximum Gasteiger partial charge on any atom is 0.340 e. The molecule has 2 rings (SSSR count). The fraction of sp³-hybridized carbons (Fsp3) is 0.0667. The number of hydrogen-bond donors (Lipinski definition) is 1. The summed E-state index contributed by atoms with van der Waals surface area (Å²) in [5.41, 5.74) is 5.90. The molecule has 0 aliphatic heterocycles. The Balaban J connectivity index is 2.39. The van der Waals surface area contributed by atoms with Gasteiger partial charge in [-0.15, -0.1) is 0 Å². The molecule has 5 nitrogen and oxygen atoms in total. The minimum atomic E-state index is -0.720. The van der Waals surface area contributed by atoms with Crippen molar-refractivity contribution in [1.82, 2.24) is 0 Å². The third-order valence-electron chi connectivity index (χ3n) is 2.70. The fourth-order valence-corrected chi connectivity index (χ4v) is 1.69. The zero-order valence-corrected chi connectivity index (χ0v) is 11.1. The van der Waals surface area contributed by atoms with Gasteiger partial charge < -0.3 is 15.2 Å². The van der Waals surface area contributed by atoms with E-state index >= 15 is 0 Å². The molecule has 0 spiro atoms. The van der Waals surface area contributed by atoms with Crippen LogP contribution in [0.2, 0.25) is 0 Å². The maximum atomic E-state index is 13.8. The van der Waals surface area contributed by atoms with Crippen LogP contribution in [0.4, 0.5) is 10.1 Å². The zero-order valence-electron chi connectivity index (χ0n) is 11.1. The van der Waals surface area contributed by atoms with Gasteiger partial charge >= 0.3 is 5.97 Å². The standard InChI is InChI=1S/C15H11FN2O3/c1-20-15(19)11-6-14(12(16)7-13(11)18)21-10-4-2-3-9(5-10)8-17/h2-7H,18H2,1H3. The highest BCUT2D eigenvalue weighted by atomic mass is 19.1. The predicted molar refractivity (Wildman–Crippen MR) is 73.4 cm³/mol. The number of esters is 1. The van der Waals surface area contributed by atoms with Crippen molar-refractivity contribution < 1.29 is 18.7 Å². The molecule has 0 heterocycles. The molecule has 0 bridgehead atoms. The van der Waals surface area contributed by atoms with Crippen LogP contribution >= 0.6 is 0 Å². The Morgan fingerprint density at radius 2 is 2.10 bits per heavy atom. The molecule has 0 saturated carbocycles. The average molecular weight is 286 g/mol. The van der Waals surface area contributed by atoms with Gasteiger partial charge in [0.1, 0.15) is 5.75 Å². The highest BCUT2D eigenvalue weighted by Crippen LogP contribution is 2.29. The Morgan fingerprint density at radius 3 is 2.76 bits per heavy atom. The predicted octanol–water partition coefficient (Wildman–Crippen LogP) is 2.86. The molecule has 0 amide bonds. The summed E-state index contributed by atoms with van der Waals surface area (Å²) in [4.78, 5) is 11.5. The topological polar surface area (TPSA) is 85.3 Å². The Labute approximate surface area is 120 Å². The smallest absolute Gasteiger partial charge is 0.340 e. The number of hydrogen-bond acceptors (Lipinski definition) is 5. The second-order valence-corrected chi connectivity index (χ2v) is 4.10. The van der Waals surface area contributed by atoms with Crippen LogP contribution in [-0.2, 0) is 4.74 Å². The Hall–Kier alpha value is -3.07. The second kappa shape index (κ2) is 5.92. The highest BCUT2D eigenvalue weighted by molar-refractivity contribution is 5.95. The summed E-state index contributed by atoms with van der Waals surface area (Å²) in [5, 5.41) is 8.81. The van der Waals surface area contributed by atoms with Crippen LogP contribution in [0.15, 0.2) is 36.4 Å². The number of benzene rings is 2. The van der Waals surface area contributed by atoms with Crippen LogP contribution in [0.5, 0.6) is 11.5 Å². The van der Waals surface area contributed by atoms with Gasteiger partial charge in [-0.2, -0.15) is 5.26 Å². The van der Waals surface area contributed by atoms with Gasteiger partial charge in [0.05, 0.1) is 24.3 Å². The van der Waals surface area contributed by atoms with Gasteiger partial charge in [0, 0.05) is 17.8 Å². The Kier molecular flexibility index (Phi) is 4.05. The minimum Gasteiger partial charge on any atom is -0.465 e. The van der Waals surface area contributed by atoms with Crippen LogP contribution < -0.4 is 10.5 Å². The van der Waals surface area contributed by atoms with Crippen molar-refractivity contribution in [2.45, 2.75) is 0 Å². The lowest BCUT2D eigenvalue weighted by Gasteiger charge is -2.10. The van der Waals surface area contributed by atoms with Crippen molar-refractivity contribution in [3.8, 4) is 17.6 Å². The normalized spacial score (nSPS) is 9.76. The SMILES string of the molecule is COC(=O)c1cc(Oc2cccc(C#N)c2)c(F)cc1N. The van der Waals surface area contributed by atoms with Crippen LogP contribution in [0.25, 0.3) is 0 Å². The van der Waals surface area contributed by atoms with Crippen molar-refractivity contribution in [2.24, 2.45) is 0 Å². The van der Waals surface area contributed by atoms with Crippen molar-refractivity contribution in [3.05, 3.63) is 53.3 Å². The third kappa shape index (κ3) is 3.09. The number of carbonyl (C=O) groups excluding carboxylic acids is 1. The van der Waals surface area contributed by atoms with E-state index in [4.69, 9.17) is 15.7 Å². The number of rotatable bonds is 3. The van der Waals surface area contributed by atoms with Crippen LogP contribution in [0, 0.1) is 17.1 Å². The van der Waals surface area contributed by atoms with Gasteiger partial charge in [0.15, 0.2) is 11.6 Å². The van der Waals surface area contributed by atoms with E-state index in [0.29, 0.717) is 5.56 Å². The first-order valence-corrected chi connectivity index (χ1v) is 5.90. The molecule has 6 heteroatoms. The second-order valence-electron chi connectivity index (χ2n) is 4.10. The summed E-state index contributed by atoms with van der Waals surface area (Å²) >= 11 is 0. The number of nitrogen functional groups attached to an aromatic ring is 1. The molecule has 2 N–H and O–H groups in total. The van der Waals surface area contributed by atoms with Crippen molar-refractivity contribution >= 4 is 11.7 Å². The first-order valence-electron chi connectivity index (χ1n) is 5.90. The lowest BCUT2D eigenvalue weighted by molar-refractivity contribution is 0.0601. The van der Waals surface area contributed by atoms with E-state index in [1.807, 2.05) is 6.07 Å². The van der Waals surface area contributed by atoms with Crippen molar-refractivity contribution in [1.29, 1.82) is 5.26 Å². The first-order chi connectivity index (χ1) is 10.0. The van der Waals surface area contributed by atoms with Gasteiger partial charge in [0.25, 0.3) is 0 Å². The van der Waals surface area contributed by atoms with Crippen LogP contribution in [0.1, 0.15) is 15.9 Å². The minimum absolute atomic E-state index is 0.00494. The molecule has 0 fully saturated rings. The monoisotopic (exact) mass is 286 g/mol. The van der Waals surface area contributed by atoms with Gasteiger partial charge in [-0.25, -0.2) is 9.18 Å². The summed E-state index contributed by atoms with van der Waals surface area (Å²) < 4.78 is 23.8. The van der Waals surface area contributed by atoms with E-state index in [9.17, 15) is 9.18 Å². The Bertz CT molecular complexity index is 738. The number of carbonyl (C=O) groups is 1. The molecular formula is C15H11FN2O3. The molecule has 0 aromatic heterocycles. The first kappa shape index (κ1) is 14.3. The maximum absolute atomic E-state index is 13.8. The fourth-order valence-electron chi connectivity index (χ4n) is 1.69. The largest absolute Gasteiger partial charge is 0.465 e. The van der Waals surface area contributed by atoms with E-state index in [-0.39, 0.29) is 22.7 Å². The van der Waals surface area contributed by atoms with Gasteiger partial charge in [-0.1, -0.05) is 6.07 Å². The molecule has 21 heavy (non-hydrogen) atoms. The molecule has 0 atom stereocenters. The van der Waals surface area contributed by atoms with Gasteiger partial charge in [-0.05, 0) is 18.2 Å². The molecule has 0 saturated heterocycles. The number of nitrogens with two attached hydrogens (primary N) is 1. The molecular weight excluding hydrogens is 275 g/mol. The zero-order chi connectivity index (χ0) is 15.4. The molecule has 2 aromatic rings. The summed E-state index contributed by atoms with van der Waals surface area (Å²) in [6.45, 7) is 0. The summed E-state index contributed by atoms with van der Waals surface area (Å²) in [6.07, 6.45) is 0. The number of nitrogens with zero attached hydrogens (tertiary/aromatic N) is 1. The van der Waals surface area contributed by atoms with Crippen molar-refractivity contribution in [3.63, 3.8) is 0 Å². The molecule has 0 unspecified atom stereocenters. The number of methoxy groups -OCH3 is 1. The third-order valence-corrected chi connectivity index (χ3v) is 2.70. The Morgan fingerprint density at radius 1 is 1.33 bits per heavy atom. The molecule has 106 valence electrons. The van der Waals surface area contributed by atoms with E-state index in [2.05, 4.69) is 4.74 Å². The molecule has 0 aliphatic rings. The number of anilines is 1. The van der Waals surface area contributed by atoms with E-state index < -0.39 is 11.8 Å². The number of ether oxygens (including phenoxy) is 2. The van der Waals surface area contributed by atoms with E-state index in [1.165, 1.54) is 13.2 Å². The summed E-state index contributed by atoms with van der Waals surface area (Å²) in [5.74, 6) is -1.32. The van der Waals surface area contributed by atoms with Gasteiger partial charge in [0.2, 0.25) is 0 Å². The van der Waals surface area contributed by atoms with Crippen LogP contribution in [-0.4, -0.2) is 13.1 Å². The molecule has 0 radical (unpaired) electrons. The number of nitriles is 1. The summed E-state index contributed by atoms with van der Waals surface area (Å²) in [7, 11) is 1.20. The number of halogens is 1. The average Bonchev–Trinajstić information content (AvgIpc) is 2.49. The highest BCUT2D eigenvalue weighted by Gasteiger charge is 2.16. The van der Waals surface area contributed by atoms with E-state index in [0.717, 1.165) is 12.1 Å². The lowest BCUT2D eigenvalue weighted by Crippen LogP contribution is -2.06. The molecule has 2 aromatic carbocycles. The lowest BCUT2D eigenvalue weighted by atomic mass is 10.1. The van der Waals surface area contributed by atoms with Gasteiger partial charge in [-0.3, -0.25) is 0 Å². The molecule has 0 aliphatic carbocycles. The quantitative estimate of drug-likeness (QED) is 0.692. The van der Waals surface area contributed by atoms with E-state index in [1.54, 1.807) is 18.2 Å². The van der Waals surface area contributed by atoms with Crippen LogP contribution in [0.3, 0.4) is 0 Å². The summed E-state index contributed by atoms with van der Waals surface area (Å²) in [6, 6.07) is 10.3.